The summed E-state index contributed by atoms with van der Waals surface area (Å²) in [5.41, 5.74) is 7.10. The van der Waals surface area contributed by atoms with Crippen molar-refractivity contribution in [1.82, 2.24) is 19.7 Å². The molecule has 3 aromatic carbocycles. The van der Waals surface area contributed by atoms with Crippen molar-refractivity contribution in [3.63, 3.8) is 0 Å². The molecule has 248 valence electrons. The summed E-state index contributed by atoms with van der Waals surface area (Å²) in [5.74, 6) is 1.43. The van der Waals surface area contributed by atoms with Crippen molar-refractivity contribution in [3.05, 3.63) is 107 Å². The molecule has 2 atom stereocenters. The second-order valence-corrected chi connectivity index (χ2v) is 14.8. The number of para-hydroxylation sites is 1. The van der Waals surface area contributed by atoms with Gasteiger partial charge in [0, 0.05) is 52.8 Å². The Kier molecular flexibility index (Phi) is 8.58. The Bertz CT molecular complexity index is 1920. The van der Waals surface area contributed by atoms with Crippen molar-refractivity contribution >= 4 is 34.3 Å². The molecule has 0 radical (unpaired) electrons. The summed E-state index contributed by atoms with van der Waals surface area (Å²) in [7, 11) is 0. The topological polar surface area (TPSA) is 95.1 Å². The molecule has 7 rings (SSSR count). The molecule has 0 spiro atoms. The van der Waals surface area contributed by atoms with Crippen LogP contribution in [0.15, 0.2) is 85.1 Å². The lowest BCUT2D eigenvalue weighted by Gasteiger charge is -2.39. The van der Waals surface area contributed by atoms with Crippen molar-refractivity contribution in [2.75, 3.05) is 10.6 Å². The zero-order valence-electron chi connectivity index (χ0n) is 28.4. The number of benzene rings is 3. The zero-order chi connectivity index (χ0) is 33.4. The summed E-state index contributed by atoms with van der Waals surface area (Å²) in [6.45, 7) is 8.40. The van der Waals surface area contributed by atoms with Crippen LogP contribution in [-0.4, -0.2) is 43.7 Å². The van der Waals surface area contributed by atoms with Gasteiger partial charge in [-0.2, -0.15) is 5.10 Å². The third kappa shape index (κ3) is 6.75. The maximum absolute atomic E-state index is 13.5. The molecule has 2 fully saturated rings. The van der Waals surface area contributed by atoms with E-state index in [-0.39, 0.29) is 11.4 Å². The molecular formula is C40H46N6O2. The van der Waals surface area contributed by atoms with Crippen LogP contribution in [0.5, 0.6) is 0 Å². The van der Waals surface area contributed by atoms with E-state index in [0.717, 1.165) is 66.7 Å². The van der Waals surface area contributed by atoms with Crippen LogP contribution in [0.3, 0.4) is 0 Å². The van der Waals surface area contributed by atoms with E-state index in [1.807, 2.05) is 48.5 Å². The van der Waals surface area contributed by atoms with Crippen molar-refractivity contribution in [3.8, 4) is 5.69 Å². The summed E-state index contributed by atoms with van der Waals surface area (Å²) < 4.78 is 1.80. The van der Waals surface area contributed by atoms with Gasteiger partial charge in [0.25, 0.3) is 0 Å². The second kappa shape index (κ2) is 13.0. The second-order valence-electron chi connectivity index (χ2n) is 14.8. The van der Waals surface area contributed by atoms with Crippen LogP contribution in [-0.2, 0) is 23.1 Å². The number of hydrogen-bond acceptors (Lipinski definition) is 3. The Balaban J connectivity index is 0.963. The first-order valence-electron chi connectivity index (χ1n) is 17.3. The molecule has 0 aliphatic carbocycles. The maximum atomic E-state index is 13.5. The Morgan fingerprint density at radius 1 is 0.917 bits per heavy atom. The minimum Gasteiger partial charge on any atom is -0.361 e. The monoisotopic (exact) mass is 642 g/mol. The molecule has 2 aliphatic heterocycles. The molecule has 2 saturated heterocycles. The number of urea groups is 1. The Labute approximate surface area is 282 Å². The summed E-state index contributed by atoms with van der Waals surface area (Å²) in [4.78, 5) is 32.3. The Hall–Kier alpha value is -4.85. The predicted molar refractivity (Wildman–Crippen MR) is 193 cm³/mol. The number of aryl methyl sites for hydroxylation is 2. The van der Waals surface area contributed by atoms with Gasteiger partial charge in [-0.25, -0.2) is 9.48 Å². The number of nitrogens with one attached hydrogen (secondary N) is 3. The van der Waals surface area contributed by atoms with Crippen molar-refractivity contribution in [2.45, 2.75) is 90.1 Å². The van der Waals surface area contributed by atoms with Crippen LogP contribution in [0.4, 0.5) is 16.3 Å². The van der Waals surface area contributed by atoms with E-state index in [9.17, 15) is 9.59 Å². The van der Waals surface area contributed by atoms with E-state index in [2.05, 4.69) is 84.7 Å². The zero-order valence-corrected chi connectivity index (χ0v) is 28.4. The lowest BCUT2D eigenvalue weighted by atomic mass is 9.85. The molecule has 48 heavy (non-hydrogen) atoms. The number of fused-ring (bicyclic) bond motifs is 3. The number of hydrogen-bond donors (Lipinski definition) is 3. The third-order valence-electron chi connectivity index (χ3n) is 10.1. The van der Waals surface area contributed by atoms with Crippen LogP contribution >= 0.6 is 0 Å². The summed E-state index contributed by atoms with van der Waals surface area (Å²) in [5, 5.41) is 12.1. The molecule has 2 unspecified atom stereocenters. The molecule has 2 aliphatic rings. The van der Waals surface area contributed by atoms with Gasteiger partial charge in [0.05, 0.1) is 11.4 Å². The SMILES string of the molecule is Cc1ccc(-n2nc(C(C)(C)C)cc2NC(=O)Nc2cccc(CC3CC4CCC(C3)N4C(=O)CCc3c[nH]c4ccccc34)c2)cc1. The minimum atomic E-state index is -0.307. The first-order valence-corrected chi connectivity index (χ1v) is 17.3. The standard InChI is InChI=1S/C40H46N6O2/c1-26-12-15-31(16-13-26)46-37(24-36(44-46)40(2,3)4)43-39(48)42-30-9-7-8-27(21-30)20-28-22-32-17-18-33(23-28)45(32)38(47)19-14-29-25-41-35-11-6-5-10-34(29)35/h5-13,15-16,21,24-25,28,32-33,41H,14,17-20,22-23H2,1-4H3,(H2,42,43,48). The van der Waals surface area contributed by atoms with Gasteiger partial charge in [-0.3, -0.25) is 10.1 Å². The number of carbonyl (C=O) groups is 2. The molecule has 8 nitrogen and oxygen atoms in total. The van der Waals surface area contributed by atoms with Gasteiger partial charge in [-0.1, -0.05) is 68.8 Å². The molecule has 0 saturated carbocycles. The van der Waals surface area contributed by atoms with Crippen molar-refractivity contribution in [1.29, 1.82) is 0 Å². The number of anilines is 2. The third-order valence-corrected chi connectivity index (χ3v) is 10.1. The van der Waals surface area contributed by atoms with Gasteiger partial charge in [0.2, 0.25) is 5.91 Å². The molecule has 2 bridgehead atoms. The number of amides is 3. The number of aromatic nitrogens is 3. The summed E-state index contributed by atoms with van der Waals surface area (Å²) >= 11 is 0. The van der Waals surface area contributed by atoms with Crippen LogP contribution in [0, 0.1) is 12.8 Å². The summed E-state index contributed by atoms with van der Waals surface area (Å²) in [6.07, 6.45) is 8.57. The Morgan fingerprint density at radius 3 is 2.42 bits per heavy atom. The average molecular weight is 643 g/mol. The number of aromatic amines is 1. The quantitative estimate of drug-likeness (QED) is 0.158. The maximum Gasteiger partial charge on any atom is 0.324 e. The smallest absolute Gasteiger partial charge is 0.324 e. The van der Waals surface area contributed by atoms with Gasteiger partial charge in [0.1, 0.15) is 5.82 Å². The Morgan fingerprint density at radius 2 is 1.67 bits per heavy atom. The van der Waals surface area contributed by atoms with Gasteiger partial charge in [-0.05, 0) is 92.8 Å². The molecule has 5 aromatic rings. The van der Waals surface area contributed by atoms with Crippen molar-refractivity contribution in [2.24, 2.45) is 5.92 Å². The molecule has 3 amide bonds. The van der Waals surface area contributed by atoms with Crippen LogP contribution < -0.4 is 10.6 Å². The average Bonchev–Trinajstić information content (AvgIpc) is 3.74. The fourth-order valence-electron chi connectivity index (χ4n) is 7.68. The van der Waals surface area contributed by atoms with E-state index in [1.54, 1.807) is 4.68 Å². The molecule has 3 N–H and O–H groups in total. The van der Waals surface area contributed by atoms with Crippen LogP contribution in [0.1, 0.15) is 75.3 Å². The normalized spacial score (nSPS) is 19.1. The number of nitrogens with zero attached hydrogens (tertiary/aromatic N) is 3. The highest BCUT2D eigenvalue weighted by Gasteiger charge is 2.42. The number of H-pyrrole nitrogens is 1. The highest BCUT2D eigenvalue weighted by atomic mass is 16.2. The van der Waals surface area contributed by atoms with E-state index in [4.69, 9.17) is 5.10 Å². The largest absolute Gasteiger partial charge is 0.361 e. The number of piperidine rings is 1. The fourth-order valence-corrected chi connectivity index (χ4v) is 7.68. The minimum absolute atomic E-state index is 0.169. The van der Waals surface area contributed by atoms with Crippen LogP contribution in [0.25, 0.3) is 16.6 Å². The first kappa shape index (κ1) is 31.7. The first-order chi connectivity index (χ1) is 23.1. The van der Waals surface area contributed by atoms with E-state index < -0.39 is 0 Å². The predicted octanol–water partition coefficient (Wildman–Crippen LogP) is 8.55. The van der Waals surface area contributed by atoms with Crippen LogP contribution in [0.2, 0.25) is 0 Å². The van der Waals surface area contributed by atoms with Gasteiger partial charge >= 0.3 is 6.03 Å². The number of carbonyl (C=O) groups excluding carboxylic acids is 2. The lowest BCUT2D eigenvalue weighted by Crippen LogP contribution is -2.47. The van der Waals surface area contributed by atoms with Gasteiger partial charge < -0.3 is 15.2 Å². The molecule has 2 aromatic heterocycles. The van der Waals surface area contributed by atoms with E-state index >= 15 is 0 Å². The van der Waals surface area contributed by atoms with E-state index in [0.29, 0.717) is 36.1 Å². The fraction of sp³-hybridized carbons (Fsp3) is 0.375. The number of rotatable bonds is 8. The van der Waals surface area contributed by atoms with Gasteiger partial charge in [0.15, 0.2) is 0 Å². The molecular weight excluding hydrogens is 596 g/mol. The van der Waals surface area contributed by atoms with E-state index in [1.165, 1.54) is 16.5 Å². The summed E-state index contributed by atoms with van der Waals surface area (Å²) in [6, 6.07) is 26.9. The van der Waals surface area contributed by atoms with Gasteiger partial charge in [-0.15, -0.1) is 0 Å². The lowest BCUT2D eigenvalue weighted by molar-refractivity contribution is -0.136. The highest BCUT2D eigenvalue weighted by molar-refractivity contribution is 5.99. The van der Waals surface area contributed by atoms with Crippen molar-refractivity contribution < 1.29 is 9.59 Å². The highest BCUT2D eigenvalue weighted by Crippen LogP contribution is 2.40. The molecule has 4 heterocycles. The molecule has 8 heteroatoms.